The monoisotopic (exact) mass is 239 g/mol. The number of halogens is 2. The first kappa shape index (κ1) is 12.0. The first-order chi connectivity index (χ1) is 8.02. The first-order valence-electron chi connectivity index (χ1n) is 5.78. The van der Waals surface area contributed by atoms with Crippen LogP contribution in [0.5, 0.6) is 0 Å². The lowest BCUT2D eigenvalue weighted by molar-refractivity contribution is -0.113. The van der Waals surface area contributed by atoms with E-state index in [1.165, 1.54) is 4.90 Å². The van der Waals surface area contributed by atoms with Gasteiger partial charge in [0.1, 0.15) is 0 Å². The molecule has 1 heterocycles. The molecule has 2 rings (SSSR count). The second-order valence-corrected chi connectivity index (χ2v) is 4.47. The maximum atomic E-state index is 12.7. The number of carbonyl (C=O) groups is 1. The molecule has 1 saturated heterocycles. The predicted molar refractivity (Wildman–Crippen MR) is 61.3 cm³/mol. The summed E-state index contributed by atoms with van der Waals surface area (Å²) in [7, 11) is 0. The molecule has 1 aliphatic heterocycles. The highest BCUT2D eigenvalue weighted by atomic mass is 19.3. The Labute approximate surface area is 99.2 Å². The van der Waals surface area contributed by atoms with Crippen molar-refractivity contribution in [3.8, 4) is 0 Å². The Morgan fingerprint density at radius 1 is 1.41 bits per heavy atom. The van der Waals surface area contributed by atoms with Crippen LogP contribution in [0, 0.1) is 0 Å². The van der Waals surface area contributed by atoms with Crippen molar-refractivity contribution >= 4 is 5.91 Å². The van der Waals surface area contributed by atoms with Crippen LogP contribution in [0.4, 0.5) is 8.78 Å². The van der Waals surface area contributed by atoms with Crippen molar-refractivity contribution in [2.45, 2.75) is 25.7 Å². The van der Waals surface area contributed by atoms with Gasteiger partial charge in [-0.25, -0.2) is 8.78 Å². The summed E-state index contributed by atoms with van der Waals surface area (Å²) in [6, 6.07) is 7.22. The third-order valence-electron chi connectivity index (χ3n) is 2.84. The minimum Gasteiger partial charge on any atom is -0.326 e. The Kier molecular flexibility index (Phi) is 3.13. The molecule has 0 saturated carbocycles. The molecule has 92 valence electrons. The second-order valence-electron chi connectivity index (χ2n) is 4.47. The van der Waals surface area contributed by atoms with Gasteiger partial charge >= 0.3 is 0 Å². The van der Waals surface area contributed by atoms with Crippen molar-refractivity contribution in [2.24, 2.45) is 0 Å². The molecule has 1 aromatic carbocycles. The van der Waals surface area contributed by atoms with E-state index in [9.17, 15) is 13.6 Å². The molecule has 1 aliphatic rings. The summed E-state index contributed by atoms with van der Waals surface area (Å²) in [6.07, 6.45) is 1.90. The highest BCUT2D eigenvalue weighted by Crippen LogP contribution is 2.28. The molecule has 2 nitrogen and oxygen atoms in total. The second kappa shape index (κ2) is 4.43. The Morgan fingerprint density at radius 3 is 2.71 bits per heavy atom. The fourth-order valence-electron chi connectivity index (χ4n) is 1.99. The zero-order chi connectivity index (χ0) is 12.5. The number of likely N-dealkylation sites (tertiary alicyclic amines) is 1. The average molecular weight is 239 g/mol. The molecule has 1 amide bonds. The summed E-state index contributed by atoms with van der Waals surface area (Å²) in [6.45, 7) is 1.15. The summed E-state index contributed by atoms with van der Waals surface area (Å²) in [5.74, 6) is -3.00. The SMILES string of the molecule is CCCc1cccc(C(=O)N2CC(F)(F)C2)c1. The standard InChI is InChI=1S/C13H15F2NO/c1-2-4-10-5-3-6-11(7-10)12(17)16-8-13(14,15)9-16/h3,5-7H,2,4,8-9H2,1H3. The van der Waals surface area contributed by atoms with Crippen LogP contribution in [0.2, 0.25) is 0 Å². The van der Waals surface area contributed by atoms with Crippen LogP contribution >= 0.6 is 0 Å². The van der Waals surface area contributed by atoms with E-state index >= 15 is 0 Å². The third-order valence-corrected chi connectivity index (χ3v) is 2.84. The smallest absolute Gasteiger partial charge is 0.282 e. The molecule has 0 atom stereocenters. The number of aryl methyl sites for hydroxylation is 1. The lowest BCUT2D eigenvalue weighted by atomic mass is 10.0. The van der Waals surface area contributed by atoms with Gasteiger partial charge in [-0.3, -0.25) is 4.79 Å². The van der Waals surface area contributed by atoms with Crippen LogP contribution in [-0.2, 0) is 6.42 Å². The molecule has 0 spiro atoms. The van der Waals surface area contributed by atoms with Gasteiger partial charge in [0, 0.05) is 5.56 Å². The van der Waals surface area contributed by atoms with Crippen molar-refractivity contribution < 1.29 is 13.6 Å². The van der Waals surface area contributed by atoms with E-state index < -0.39 is 19.0 Å². The van der Waals surface area contributed by atoms with Gasteiger partial charge in [0.15, 0.2) is 0 Å². The highest BCUT2D eigenvalue weighted by Gasteiger charge is 2.46. The van der Waals surface area contributed by atoms with Crippen LogP contribution in [0.15, 0.2) is 24.3 Å². The van der Waals surface area contributed by atoms with Crippen LogP contribution < -0.4 is 0 Å². The van der Waals surface area contributed by atoms with Crippen molar-refractivity contribution in [3.63, 3.8) is 0 Å². The van der Waals surface area contributed by atoms with Gasteiger partial charge in [0.25, 0.3) is 11.8 Å². The first-order valence-corrected chi connectivity index (χ1v) is 5.78. The number of benzene rings is 1. The molecule has 0 unspecified atom stereocenters. The summed E-state index contributed by atoms with van der Waals surface area (Å²) >= 11 is 0. The van der Waals surface area contributed by atoms with Crippen molar-refractivity contribution in [3.05, 3.63) is 35.4 Å². The molecule has 0 aliphatic carbocycles. The quantitative estimate of drug-likeness (QED) is 0.794. The molecule has 0 bridgehead atoms. The molecule has 4 heteroatoms. The van der Waals surface area contributed by atoms with E-state index in [2.05, 4.69) is 6.92 Å². The van der Waals surface area contributed by atoms with Gasteiger partial charge in [-0.2, -0.15) is 0 Å². The van der Waals surface area contributed by atoms with Gasteiger partial charge in [-0.15, -0.1) is 0 Å². The molecule has 0 N–H and O–H groups in total. The molecule has 0 aromatic heterocycles. The topological polar surface area (TPSA) is 20.3 Å². The highest BCUT2D eigenvalue weighted by molar-refractivity contribution is 5.95. The minimum atomic E-state index is -2.70. The van der Waals surface area contributed by atoms with Crippen molar-refractivity contribution in [1.29, 1.82) is 0 Å². The van der Waals surface area contributed by atoms with Crippen LogP contribution in [0.3, 0.4) is 0 Å². The van der Waals surface area contributed by atoms with E-state index in [0.29, 0.717) is 5.56 Å². The predicted octanol–water partition coefficient (Wildman–Crippen LogP) is 2.73. The number of rotatable bonds is 3. The summed E-state index contributed by atoms with van der Waals surface area (Å²) in [4.78, 5) is 13.0. The zero-order valence-electron chi connectivity index (χ0n) is 9.75. The van der Waals surface area contributed by atoms with E-state index in [-0.39, 0.29) is 5.91 Å². The van der Waals surface area contributed by atoms with E-state index in [4.69, 9.17) is 0 Å². The van der Waals surface area contributed by atoms with Gasteiger partial charge < -0.3 is 4.90 Å². The van der Waals surface area contributed by atoms with E-state index in [1.54, 1.807) is 18.2 Å². The molecule has 1 aromatic rings. The number of hydrogen-bond donors (Lipinski definition) is 0. The Bertz CT molecular complexity index is 423. The fraction of sp³-hybridized carbons (Fsp3) is 0.462. The van der Waals surface area contributed by atoms with Crippen LogP contribution in [0.1, 0.15) is 29.3 Å². The summed E-state index contributed by atoms with van der Waals surface area (Å²) < 4.78 is 25.3. The van der Waals surface area contributed by atoms with E-state index in [0.717, 1.165) is 18.4 Å². The number of carbonyl (C=O) groups excluding carboxylic acids is 1. The molecule has 17 heavy (non-hydrogen) atoms. The van der Waals surface area contributed by atoms with Gasteiger partial charge in [-0.1, -0.05) is 25.5 Å². The van der Waals surface area contributed by atoms with Gasteiger partial charge in [0.05, 0.1) is 13.1 Å². The maximum Gasteiger partial charge on any atom is 0.282 e. The lowest BCUT2D eigenvalue weighted by Gasteiger charge is -2.38. The summed E-state index contributed by atoms with van der Waals surface area (Å²) in [5, 5.41) is 0. The largest absolute Gasteiger partial charge is 0.326 e. The number of alkyl halides is 2. The molecule has 0 radical (unpaired) electrons. The Hall–Kier alpha value is -1.45. The zero-order valence-corrected chi connectivity index (χ0v) is 9.75. The number of amides is 1. The number of hydrogen-bond acceptors (Lipinski definition) is 1. The van der Waals surface area contributed by atoms with Gasteiger partial charge in [-0.05, 0) is 24.1 Å². The normalized spacial score (nSPS) is 17.7. The lowest BCUT2D eigenvalue weighted by Crippen LogP contribution is -2.58. The Balaban J connectivity index is 2.07. The molecular weight excluding hydrogens is 224 g/mol. The van der Waals surface area contributed by atoms with Crippen molar-refractivity contribution in [1.82, 2.24) is 4.90 Å². The minimum absolute atomic E-state index is 0.297. The number of nitrogens with zero attached hydrogens (tertiary/aromatic N) is 1. The molecular formula is C13H15F2NO. The van der Waals surface area contributed by atoms with Gasteiger partial charge in [0.2, 0.25) is 0 Å². The average Bonchev–Trinajstić information content (AvgIpc) is 2.26. The van der Waals surface area contributed by atoms with Crippen LogP contribution in [-0.4, -0.2) is 29.8 Å². The third kappa shape index (κ3) is 2.62. The van der Waals surface area contributed by atoms with Crippen LogP contribution in [0.25, 0.3) is 0 Å². The maximum absolute atomic E-state index is 12.7. The van der Waals surface area contributed by atoms with E-state index in [1.807, 2.05) is 6.07 Å². The van der Waals surface area contributed by atoms with Crippen molar-refractivity contribution in [2.75, 3.05) is 13.1 Å². The fourth-order valence-corrected chi connectivity index (χ4v) is 1.99. The summed E-state index contributed by atoms with van der Waals surface area (Å²) in [5.41, 5.74) is 1.58. The Morgan fingerprint density at radius 2 is 2.12 bits per heavy atom. The molecule has 1 fully saturated rings.